The van der Waals surface area contributed by atoms with Crippen molar-refractivity contribution < 1.29 is 4.79 Å². The zero-order chi connectivity index (χ0) is 20.9. The highest BCUT2D eigenvalue weighted by atomic mass is 16.2. The molecule has 1 unspecified atom stereocenters. The molecule has 7 heteroatoms. The van der Waals surface area contributed by atoms with Gasteiger partial charge in [-0.3, -0.25) is 20.1 Å². The molecule has 0 saturated carbocycles. The molecule has 156 valence electrons. The van der Waals surface area contributed by atoms with Crippen LogP contribution in [0.5, 0.6) is 0 Å². The fraction of sp³-hybridized carbons (Fsp3) is 0.435. The number of nitrogens with zero attached hydrogens (tertiary/aromatic N) is 5. The van der Waals surface area contributed by atoms with Crippen molar-refractivity contribution in [1.29, 1.82) is 0 Å². The van der Waals surface area contributed by atoms with Gasteiger partial charge in [-0.05, 0) is 44.3 Å². The van der Waals surface area contributed by atoms with Crippen molar-refractivity contribution in [3.8, 4) is 11.3 Å². The van der Waals surface area contributed by atoms with E-state index in [1.165, 1.54) is 0 Å². The van der Waals surface area contributed by atoms with Crippen LogP contribution in [-0.4, -0.2) is 50.4 Å². The number of aromatic nitrogens is 4. The second-order valence-corrected chi connectivity index (χ2v) is 8.37. The lowest BCUT2D eigenvalue weighted by molar-refractivity contribution is -0.120. The highest BCUT2D eigenvalue weighted by Gasteiger charge is 2.24. The molecule has 1 aromatic carbocycles. The Labute approximate surface area is 177 Å². The van der Waals surface area contributed by atoms with Gasteiger partial charge in [-0.2, -0.15) is 0 Å². The Bertz CT molecular complexity index is 1010. The van der Waals surface area contributed by atoms with E-state index in [0.717, 1.165) is 61.1 Å². The summed E-state index contributed by atoms with van der Waals surface area (Å²) >= 11 is 0. The minimum absolute atomic E-state index is 0.00684. The second-order valence-electron chi connectivity index (χ2n) is 8.37. The largest absolute Gasteiger partial charge is 0.303 e. The van der Waals surface area contributed by atoms with Crippen LogP contribution in [-0.2, 0) is 4.79 Å². The van der Waals surface area contributed by atoms with Crippen molar-refractivity contribution in [2.75, 3.05) is 25.0 Å². The van der Waals surface area contributed by atoms with Gasteiger partial charge in [-0.15, -0.1) is 0 Å². The van der Waals surface area contributed by atoms with Crippen LogP contribution in [0, 0.1) is 11.8 Å². The molecule has 7 nitrogen and oxygen atoms in total. The van der Waals surface area contributed by atoms with E-state index in [1.807, 2.05) is 18.2 Å². The number of hydrogen-bond donors (Lipinski definition) is 1. The van der Waals surface area contributed by atoms with Gasteiger partial charge in [0.1, 0.15) is 0 Å². The first-order valence-corrected chi connectivity index (χ1v) is 10.6. The molecule has 1 saturated heterocycles. The predicted molar refractivity (Wildman–Crippen MR) is 118 cm³/mol. The molecule has 3 heterocycles. The molecule has 3 aromatic rings. The molecule has 0 radical (unpaired) electrons. The third kappa shape index (κ3) is 4.97. The van der Waals surface area contributed by atoms with E-state index < -0.39 is 0 Å². The molecule has 1 N–H and O–H groups in total. The van der Waals surface area contributed by atoms with Gasteiger partial charge in [0.05, 0.1) is 17.4 Å². The number of anilines is 1. The summed E-state index contributed by atoms with van der Waals surface area (Å²) in [6.07, 6.45) is 9.62. The summed E-state index contributed by atoms with van der Waals surface area (Å²) in [7, 11) is 0. The summed E-state index contributed by atoms with van der Waals surface area (Å²) in [5, 5.41) is 3.85. The fourth-order valence-electron chi connectivity index (χ4n) is 4.02. The fourth-order valence-corrected chi connectivity index (χ4v) is 4.02. The van der Waals surface area contributed by atoms with Gasteiger partial charge in [0.2, 0.25) is 11.9 Å². The lowest BCUT2D eigenvalue weighted by atomic mass is 10.00. The number of hydrogen-bond acceptors (Lipinski definition) is 6. The van der Waals surface area contributed by atoms with Crippen molar-refractivity contribution in [2.24, 2.45) is 11.8 Å². The van der Waals surface area contributed by atoms with Crippen molar-refractivity contribution >= 4 is 22.8 Å². The summed E-state index contributed by atoms with van der Waals surface area (Å²) < 4.78 is 0. The molecule has 0 aliphatic carbocycles. The van der Waals surface area contributed by atoms with E-state index in [4.69, 9.17) is 0 Å². The Morgan fingerprint density at radius 1 is 1.17 bits per heavy atom. The van der Waals surface area contributed by atoms with Crippen molar-refractivity contribution in [1.82, 2.24) is 24.8 Å². The first-order chi connectivity index (χ1) is 14.6. The molecule has 1 fully saturated rings. The van der Waals surface area contributed by atoms with Crippen molar-refractivity contribution in [2.45, 2.75) is 33.1 Å². The molecule has 1 aliphatic rings. The summed E-state index contributed by atoms with van der Waals surface area (Å²) in [6.45, 7) is 7.61. The second kappa shape index (κ2) is 9.26. The molecule has 2 aromatic heterocycles. The van der Waals surface area contributed by atoms with E-state index >= 15 is 0 Å². The first-order valence-electron chi connectivity index (χ1n) is 10.6. The molecule has 1 aliphatic heterocycles. The summed E-state index contributed by atoms with van der Waals surface area (Å²) in [6, 6.07) is 5.88. The van der Waals surface area contributed by atoms with E-state index in [2.05, 4.69) is 44.0 Å². The van der Waals surface area contributed by atoms with E-state index in [0.29, 0.717) is 11.9 Å². The number of fused-ring (bicyclic) bond motifs is 1. The highest BCUT2D eigenvalue weighted by molar-refractivity contribution is 5.92. The van der Waals surface area contributed by atoms with Gasteiger partial charge < -0.3 is 4.90 Å². The van der Waals surface area contributed by atoms with Gasteiger partial charge in [-0.1, -0.05) is 26.0 Å². The topological polar surface area (TPSA) is 83.9 Å². The first kappa shape index (κ1) is 20.3. The minimum Gasteiger partial charge on any atom is -0.303 e. The zero-order valence-electron chi connectivity index (χ0n) is 17.6. The van der Waals surface area contributed by atoms with Crippen molar-refractivity contribution in [3.05, 3.63) is 43.0 Å². The number of carbonyl (C=O) groups is 1. The Kier molecular flexibility index (Phi) is 6.28. The van der Waals surface area contributed by atoms with Crippen LogP contribution in [0.15, 0.2) is 43.0 Å². The summed E-state index contributed by atoms with van der Waals surface area (Å²) in [5.74, 6) is 1.03. The van der Waals surface area contributed by atoms with Crippen LogP contribution < -0.4 is 5.32 Å². The quantitative estimate of drug-likeness (QED) is 0.697. The Hall–Kier alpha value is -2.93. The normalized spacial score (nSPS) is 17.8. The molecule has 0 bridgehead atoms. The SMILES string of the molecule is CC(C)CN1CCCC(C(=O)Nc2ncc3ccc(-c4cnccn4)cc3n2)CC1. The molecule has 30 heavy (non-hydrogen) atoms. The predicted octanol–water partition coefficient (Wildman–Crippen LogP) is 3.78. The number of likely N-dealkylation sites (tertiary alicyclic amines) is 1. The molecule has 1 amide bonds. The maximum Gasteiger partial charge on any atom is 0.229 e. The van der Waals surface area contributed by atoms with Crippen LogP contribution in [0.4, 0.5) is 5.95 Å². The summed E-state index contributed by atoms with van der Waals surface area (Å²) in [4.78, 5) is 32.7. The van der Waals surface area contributed by atoms with Gasteiger partial charge in [0.25, 0.3) is 0 Å². The minimum atomic E-state index is 0.00684. The van der Waals surface area contributed by atoms with Crippen LogP contribution in [0.2, 0.25) is 0 Å². The average Bonchev–Trinajstić information content (AvgIpc) is 2.99. The number of amides is 1. The Morgan fingerprint density at radius 2 is 2.07 bits per heavy atom. The zero-order valence-corrected chi connectivity index (χ0v) is 17.6. The molecule has 4 rings (SSSR count). The number of nitrogens with one attached hydrogen (secondary N) is 1. The molecule has 1 atom stereocenters. The lowest BCUT2D eigenvalue weighted by Gasteiger charge is -2.22. The van der Waals surface area contributed by atoms with E-state index in [-0.39, 0.29) is 11.8 Å². The van der Waals surface area contributed by atoms with Gasteiger partial charge in [0.15, 0.2) is 0 Å². The lowest BCUT2D eigenvalue weighted by Crippen LogP contribution is -2.30. The molecule has 0 spiro atoms. The standard InChI is InChI=1S/C23H28N6O/c1-16(2)15-29-10-3-4-17(7-11-29)22(30)28-23-26-13-19-6-5-18(12-20(19)27-23)21-14-24-8-9-25-21/h5-6,8-9,12-14,16-17H,3-4,7,10-11,15H2,1-2H3,(H,26,27,28,30). The summed E-state index contributed by atoms with van der Waals surface area (Å²) in [5.41, 5.74) is 2.49. The number of rotatable bonds is 5. The van der Waals surface area contributed by atoms with Gasteiger partial charge in [0, 0.05) is 42.0 Å². The maximum atomic E-state index is 12.8. The van der Waals surface area contributed by atoms with Gasteiger partial charge in [-0.25, -0.2) is 9.97 Å². The molecular formula is C23H28N6O. The third-order valence-electron chi connectivity index (χ3n) is 5.49. The highest BCUT2D eigenvalue weighted by Crippen LogP contribution is 2.23. The Balaban J connectivity index is 1.46. The van der Waals surface area contributed by atoms with Gasteiger partial charge >= 0.3 is 0 Å². The molecular weight excluding hydrogens is 376 g/mol. The van der Waals surface area contributed by atoms with Crippen LogP contribution in [0.25, 0.3) is 22.2 Å². The number of carbonyl (C=O) groups excluding carboxylic acids is 1. The van der Waals surface area contributed by atoms with Crippen LogP contribution >= 0.6 is 0 Å². The Morgan fingerprint density at radius 3 is 2.87 bits per heavy atom. The van der Waals surface area contributed by atoms with Crippen LogP contribution in [0.3, 0.4) is 0 Å². The number of benzene rings is 1. The smallest absolute Gasteiger partial charge is 0.229 e. The third-order valence-corrected chi connectivity index (χ3v) is 5.49. The van der Waals surface area contributed by atoms with E-state index in [1.54, 1.807) is 24.8 Å². The average molecular weight is 405 g/mol. The van der Waals surface area contributed by atoms with Crippen molar-refractivity contribution in [3.63, 3.8) is 0 Å². The van der Waals surface area contributed by atoms with Crippen LogP contribution in [0.1, 0.15) is 33.1 Å². The van der Waals surface area contributed by atoms with E-state index in [9.17, 15) is 4.79 Å². The monoisotopic (exact) mass is 404 g/mol. The maximum absolute atomic E-state index is 12.8.